The molecule has 0 N–H and O–H groups in total. The average molecular weight is 417 g/mol. The van der Waals surface area contributed by atoms with Gasteiger partial charge in [-0.15, -0.1) is 0 Å². The lowest BCUT2D eigenvalue weighted by molar-refractivity contribution is 0.0996. The summed E-state index contributed by atoms with van der Waals surface area (Å²) in [5, 5.41) is 0. The number of benzene rings is 2. The lowest BCUT2D eigenvalue weighted by Gasteiger charge is -2.18. The summed E-state index contributed by atoms with van der Waals surface area (Å²) in [6.45, 7) is 1.78. The van der Waals surface area contributed by atoms with E-state index in [1.807, 2.05) is 18.2 Å². The van der Waals surface area contributed by atoms with E-state index < -0.39 is 0 Å². The maximum absolute atomic E-state index is 12.8. The Morgan fingerprint density at radius 2 is 2.04 bits per heavy atom. The Labute approximate surface area is 170 Å². The van der Waals surface area contributed by atoms with Gasteiger partial charge in [0.05, 0.1) is 17.3 Å². The van der Waals surface area contributed by atoms with E-state index in [2.05, 4.69) is 15.8 Å². The molecular weight excluding hydrogens is 396 g/mol. The molecule has 8 heteroatoms. The van der Waals surface area contributed by atoms with Gasteiger partial charge in [0.2, 0.25) is 0 Å². The van der Waals surface area contributed by atoms with Gasteiger partial charge in [-0.05, 0) is 42.7 Å². The number of aromatic nitrogens is 1. The maximum atomic E-state index is 12.8. The third-order valence-corrected chi connectivity index (χ3v) is 6.03. The molecular formula is C20H20N2O4S2. The van der Waals surface area contributed by atoms with Crippen LogP contribution in [0.2, 0.25) is 0 Å². The monoisotopic (exact) mass is 416 g/mol. The Hall–Kier alpha value is -2.45. The first kappa shape index (κ1) is 18.9. The highest BCUT2D eigenvalue weighted by Crippen LogP contribution is 2.31. The van der Waals surface area contributed by atoms with Crippen LogP contribution >= 0.6 is 23.1 Å². The number of carbonyl (C=O) groups excluding carboxylic acids is 1. The number of rotatable bonds is 5. The molecule has 4 rings (SSSR count). The molecule has 28 heavy (non-hydrogen) atoms. The number of aryl methyl sites for hydroxylation is 1. The fourth-order valence-corrected chi connectivity index (χ4v) is 4.44. The van der Waals surface area contributed by atoms with Gasteiger partial charge >= 0.3 is 0 Å². The second-order valence-electron chi connectivity index (χ2n) is 6.14. The Bertz CT molecular complexity index is 1090. The molecule has 6 nitrogen and oxygen atoms in total. The number of ether oxygens (including phenoxy) is 3. The van der Waals surface area contributed by atoms with Gasteiger partial charge in [-0.25, -0.2) is 0 Å². The first-order valence-electron chi connectivity index (χ1n) is 8.84. The van der Waals surface area contributed by atoms with Crippen LogP contribution in [0, 0.1) is 0 Å². The standard InChI is InChI=1S/C20H20N2O4S2/c1-24-14-4-5-15-18(12-14)28-20(22(15)7-10-27-2)21-19(23)13-3-6-16-17(11-13)26-9-8-25-16/h3-6,11-12H,7-10H2,1-2H3. The summed E-state index contributed by atoms with van der Waals surface area (Å²) in [4.78, 5) is 17.9. The molecule has 0 radical (unpaired) electrons. The second kappa shape index (κ2) is 8.28. The van der Waals surface area contributed by atoms with Crippen molar-refractivity contribution in [1.29, 1.82) is 0 Å². The van der Waals surface area contributed by atoms with Crippen LogP contribution in [0.25, 0.3) is 10.2 Å². The zero-order chi connectivity index (χ0) is 19.5. The molecule has 0 unspecified atom stereocenters. The molecule has 2 aromatic carbocycles. The number of hydrogen-bond acceptors (Lipinski definition) is 6. The molecule has 0 saturated carbocycles. The lowest BCUT2D eigenvalue weighted by Crippen LogP contribution is -2.18. The molecule has 146 valence electrons. The number of carbonyl (C=O) groups is 1. The number of thioether (sulfide) groups is 1. The summed E-state index contributed by atoms with van der Waals surface area (Å²) in [5.41, 5.74) is 1.53. The molecule has 0 fully saturated rings. The van der Waals surface area contributed by atoms with E-state index in [0.717, 1.165) is 28.3 Å². The van der Waals surface area contributed by atoms with Gasteiger partial charge in [0.25, 0.3) is 5.91 Å². The van der Waals surface area contributed by atoms with E-state index in [1.54, 1.807) is 37.1 Å². The molecule has 0 bridgehead atoms. The first-order chi connectivity index (χ1) is 13.7. The van der Waals surface area contributed by atoms with Gasteiger partial charge < -0.3 is 18.8 Å². The summed E-state index contributed by atoms with van der Waals surface area (Å²) in [5.74, 6) is 2.67. The molecule has 0 aliphatic carbocycles. The van der Waals surface area contributed by atoms with Crippen LogP contribution in [-0.2, 0) is 6.54 Å². The van der Waals surface area contributed by atoms with Crippen molar-refractivity contribution in [3.8, 4) is 17.2 Å². The minimum Gasteiger partial charge on any atom is -0.497 e. The summed E-state index contributed by atoms with van der Waals surface area (Å²) in [6, 6.07) is 11.1. The zero-order valence-electron chi connectivity index (χ0n) is 15.6. The molecule has 0 spiro atoms. The third kappa shape index (κ3) is 3.74. The van der Waals surface area contributed by atoms with E-state index in [9.17, 15) is 4.79 Å². The second-order valence-corrected chi connectivity index (χ2v) is 8.13. The molecule has 0 saturated heterocycles. The quantitative estimate of drug-likeness (QED) is 0.636. The Kier molecular flexibility index (Phi) is 5.59. The van der Waals surface area contributed by atoms with Crippen molar-refractivity contribution in [2.45, 2.75) is 6.54 Å². The average Bonchev–Trinajstić information content (AvgIpc) is 3.07. The molecule has 1 aliphatic rings. The number of nitrogens with zero attached hydrogens (tertiary/aromatic N) is 2. The van der Waals surface area contributed by atoms with Crippen LogP contribution < -0.4 is 19.0 Å². The van der Waals surface area contributed by atoms with Gasteiger partial charge in [0, 0.05) is 17.9 Å². The summed E-state index contributed by atoms with van der Waals surface area (Å²) in [7, 11) is 1.65. The van der Waals surface area contributed by atoms with E-state index in [1.165, 1.54) is 11.3 Å². The predicted molar refractivity (Wildman–Crippen MR) is 112 cm³/mol. The number of amides is 1. The molecule has 1 amide bonds. The summed E-state index contributed by atoms with van der Waals surface area (Å²) in [6.07, 6.45) is 2.06. The highest BCUT2D eigenvalue weighted by atomic mass is 32.2. The summed E-state index contributed by atoms with van der Waals surface area (Å²) >= 11 is 3.24. The van der Waals surface area contributed by atoms with Crippen LogP contribution in [0.3, 0.4) is 0 Å². The van der Waals surface area contributed by atoms with E-state index in [0.29, 0.717) is 35.1 Å². The third-order valence-electron chi connectivity index (χ3n) is 4.40. The fraction of sp³-hybridized carbons (Fsp3) is 0.300. The van der Waals surface area contributed by atoms with Crippen molar-refractivity contribution < 1.29 is 19.0 Å². The van der Waals surface area contributed by atoms with Crippen molar-refractivity contribution in [3.05, 3.63) is 46.8 Å². The van der Waals surface area contributed by atoms with Crippen LogP contribution in [0.1, 0.15) is 10.4 Å². The van der Waals surface area contributed by atoms with Crippen LogP contribution in [0.4, 0.5) is 0 Å². The molecule has 1 aliphatic heterocycles. The normalized spacial score (nSPS) is 13.7. The van der Waals surface area contributed by atoms with Crippen molar-refractivity contribution in [3.63, 3.8) is 0 Å². The number of hydrogen-bond donors (Lipinski definition) is 0. The van der Waals surface area contributed by atoms with Crippen molar-refractivity contribution in [2.75, 3.05) is 32.3 Å². The molecule has 2 heterocycles. The highest BCUT2D eigenvalue weighted by Gasteiger charge is 2.15. The van der Waals surface area contributed by atoms with Gasteiger partial charge in [-0.2, -0.15) is 16.8 Å². The molecule has 0 atom stereocenters. The predicted octanol–water partition coefficient (Wildman–Crippen LogP) is 3.59. The number of thiazole rings is 1. The number of fused-ring (bicyclic) bond motifs is 2. The van der Waals surface area contributed by atoms with Crippen molar-refractivity contribution in [1.82, 2.24) is 4.57 Å². The van der Waals surface area contributed by atoms with Crippen molar-refractivity contribution >= 4 is 39.2 Å². The fourth-order valence-electron chi connectivity index (χ4n) is 2.99. The lowest BCUT2D eigenvalue weighted by atomic mass is 10.2. The van der Waals surface area contributed by atoms with Gasteiger partial charge in [0.1, 0.15) is 19.0 Å². The van der Waals surface area contributed by atoms with E-state index in [-0.39, 0.29) is 5.91 Å². The summed E-state index contributed by atoms with van der Waals surface area (Å²) < 4.78 is 19.5. The topological polar surface area (TPSA) is 62.1 Å². The van der Waals surface area contributed by atoms with Crippen molar-refractivity contribution in [2.24, 2.45) is 4.99 Å². The Morgan fingerprint density at radius 1 is 1.21 bits per heavy atom. The van der Waals surface area contributed by atoms with Crippen LogP contribution in [0.15, 0.2) is 41.4 Å². The van der Waals surface area contributed by atoms with Crippen LogP contribution in [0.5, 0.6) is 17.2 Å². The first-order valence-corrected chi connectivity index (χ1v) is 11.1. The highest BCUT2D eigenvalue weighted by molar-refractivity contribution is 7.98. The minimum atomic E-state index is -0.298. The minimum absolute atomic E-state index is 0.298. The smallest absolute Gasteiger partial charge is 0.279 e. The van der Waals surface area contributed by atoms with Gasteiger partial charge in [0.15, 0.2) is 16.3 Å². The van der Waals surface area contributed by atoms with E-state index >= 15 is 0 Å². The van der Waals surface area contributed by atoms with Gasteiger partial charge in [-0.3, -0.25) is 4.79 Å². The van der Waals surface area contributed by atoms with Gasteiger partial charge in [-0.1, -0.05) is 11.3 Å². The SMILES string of the molecule is COc1ccc2c(c1)sc(=NC(=O)c1ccc3c(c1)OCCO3)n2CCSC. The molecule has 3 aromatic rings. The maximum Gasteiger partial charge on any atom is 0.279 e. The Balaban J connectivity index is 1.76. The zero-order valence-corrected chi connectivity index (χ0v) is 17.3. The van der Waals surface area contributed by atoms with Crippen LogP contribution in [-0.4, -0.2) is 42.8 Å². The molecule has 1 aromatic heterocycles. The Morgan fingerprint density at radius 3 is 2.82 bits per heavy atom. The number of methoxy groups -OCH3 is 1. The largest absolute Gasteiger partial charge is 0.497 e. The van der Waals surface area contributed by atoms with E-state index in [4.69, 9.17) is 14.2 Å².